The summed E-state index contributed by atoms with van der Waals surface area (Å²) in [7, 11) is 0. The van der Waals surface area contributed by atoms with Crippen LogP contribution in [0.15, 0.2) is 0 Å². The van der Waals surface area contributed by atoms with E-state index in [9.17, 15) is 5.11 Å². The van der Waals surface area contributed by atoms with E-state index >= 15 is 0 Å². The summed E-state index contributed by atoms with van der Waals surface area (Å²) >= 11 is 5.10. The van der Waals surface area contributed by atoms with Crippen LogP contribution in [0.3, 0.4) is 0 Å². The van der Waals surface area contributed by atoms with Crippen molar-refractivity contribution in [1.29, 1.82) is 0 Å². The molecule has 0 fully saturated rings. The van der Waals surface area contributed by atoms with E-state index in [0.717, 1.165) is 0 Å². The van der Waals surface area contributed by atoms with Gasteiger partial charge in [-0.1, -0.05) is 6.42 Å². The first-order valence-electron chi connectivity index (χ1n) is 1.56. The van der Waals surface area contributed by atoms with Gasteiger partial charge in [0, 0.05) is 5.88 Å². The molecule has 1 nitrogen and oxygen atoms in total. The second kappa shape index (κ2) is 9.54. The first-order valence-corrected chi connectivity index (χ1v) is 2.09. The zero-order valence-electron chi connectivity index (χ0n) is 3.91. The van der Waals surface area contributed by atoms with Crippen LogP contribution in [-0.4, -0.2) is 12.5 Å². The Labute approximate surface area is 65.0 Å². The third kappa shape index (κ3) is 8.98. The maximum atomic E-state index is 9.45. The molecule has 0 aliphatic carbocycles. The van der Waals surface area contributed by atoms with E-state index in [1.54, 1.807) is 0 Å². The molecule has 6 heavy (non-hydrogen) atoms. The van der Waals surface area contributed by atoms with Gasteiger partial charge in [0.1, 0.15) is 0 Å². The van der Waals surface area contributed by atoms with E-state index in [0.29, 0.717) is 12.3 Å². The summed E-state index contributed by atoms with van der Waals surface area (Å²) in [5, 5.41) is 9.45. The number of halogens is 1. The molecule has 0 aromatic rings. The van der Waals surface area contributed by atoms with E-state index in [1.165, 1.54) is 0 Å². The summed E-state index contributed by atoms with van der Waals surface area (Å²) in [6, 6.07) is 0. The molecule has 0 aliphatic rings. The van der Waals surface area contributed by atoms with Crippen molar-refractivity contribution in [2.75, 3.05) is 12.5 Å². The number of hydrogen-bond acceptors (Lipinski definition) is 1. The van der Waals surface area contributed by atoms with Gasteiger partial charge >= 0.3 is 29.6 Å². The first-order chi connectivity index (χ1) is 2.41. The van der Waals surface area contributed by atoms with Crippen molar-refractivity contribution in [3.8, 4) is 0 Å². The predicted octanol–water partition coefficient (Wildman–Crippen LogP) is -3.02. The van der Waals surface area contributed by atoms with Crippen molar-refractivity contribution in [2.45, 2.75) is 6.42 Å². The van der Waals surface area contributed by atoms with Gasteiger partial charge in [-0.2, -0.15) is 0 Å². The molecule has 0 radical (unpaired) electrons. The molecule has 0 saturated heterocycles. The smallest absolute Gasteiger partial charge is 0.854 e. The van der Waals surface area contributed by atoms with Crippen LogP contribution in [0.2, 0.25) is 0 Å². The third-order valence-electron chi connectivity index (χ3n) is 0.278. The standard InChI is InChI=1S/C3H6ClO.Na/c4-2-1-3-5;/h1-3H2;/q-1;+1. The zero-order valence-corrected chi connectivity index (χ0v) is 6.66. The fourth-order valence-corrected chi connectivity index (χ4v) is 0.164. The molecule has 0 aromatic heterocycles. The molecule has 0 spiro atoms. The van der Waals surface area contributed by atoms with Crippen LogP contribution in [0.1, 0.15) is 6.42 Å². The van der Waals surface area contributed by atoms with Gasteiger partial charge in [0.2, 0.25) is 0 Å². The van der Waals surface area contributed by atoms with Crippen LogP contribution in [0.25, 0.3) is 0 Å². The minimum Gasteiger partial charge on any atom is -0.854 e. The summed E-state index contributed by atoms with van der Waals surface area (Å²) in [5.41, 5.74) is 0. The van der Waals surface area contributed by atoms with Crippen LogP contribution < -0.4 is 34.7 Å². The van der Waals surface area contributed by atoms with E-state index < -0.39 is 0 Å². The fourth-order valence-electron chi connectivity index (χ4n) is 0.0546. The molecule has 0 N–H and O–H groups in total. The summed E-state index contributed by atoms with van der Waals surface area (Å²) in [5.74, 6) is 0.503. The van der Waals surface area contributed by atoms with Crippen molar-refractivity contribution in [3.05, 3.63) is 0 Å². The van der Waals surface area contributed by atoms with Crippen molar-refractivity contribution in [2.24, 2.45) is 0 Å². The molecular weight excluding hydrogens is 110 g/mol. The third-order valence-corrected chi connectivity index (χ3v) is 0.545. The van der Waals surface area contributed by atoms with Gasteiger partial charge in [0.05, 0.1) is 0 Å². The molecule has 0 saturated carbocycles. The molecule has 0 bridgehead atoms. The quantitative estimate of drug-likeness (QED) is 0.278. The van der Waals surface area contributed by atoms with Crippen LogP contribution in [-0.2, 0) is 0 Å². The topological polar surface area (TPSA) is 23.1 Å². The Bertz CT molecular complexity index is 18.3. The summed E-state index contributed by atoms with van der Waals surface area (Å²) in [6.45, 7) is -0.0382. The number of alkyl halides is 1. The normalized spacial score (nSPS) is 7.00. The number of rotatable bonds is 2. The van der Waals surface area contributed by atoms with Gasteiger partial charge < -0.3 is 5.11 Å². The summed E-state index contributed by atoms with van der Waals surface area (Å²) in [4.78, 5) is 0. The van der Waals surface area contributed by atoms with Crippen LogP contribution in [0, 0.1) is 0 Å². The van der Waals surface area contributed by atoms with Crippen LogP contribution in [0.5, 0.6) is 0 Å². The van der Waals surface area contributed by atoms with Crippen molar-refractivity contribution >= 4 is 11.6 Å². The summed E-state index contributed by atoms with van der Waals surface area (Å²) in [6.07, 6.45) is 0.599. The minimum atomic E-state index is -0.0382. The van der Waals surface area contributed by atoms with Crippen molar-refractivity contribution in [3.63, 3.8) is 0 Å². The monoisotopic (exact) mass is 116 g/mol. The van der Waals surface area contributed by atoms with Crippen LogP contribution >= 0.6 is 11.6 Å². The van der Waals surface area contributed by atoms with Crippen molar-refractivity contribution in [1.82, 2.24) is 0 Å². The van der Waals surface area contributed by atoms with Gasteiger partial charge in [-0.15, -0.1) is 18.2 Å². The summed E-state index contributed by atoms with van der Waals surface area (Å²) < 4.78 is 0. The molecule has 0 unspecified atom stereocenters. The van der Waals surface area contributed by atoms with Gasteiger partial charge in [0.25, 0.3) is 0 Å². The molecule has 0 heterocycles. The Hall–Kier alpha value is 1.25. The molecule has 0 atom stereocenters. The van der Waals surface area contributed by atoms with E-state index in [2.05, 4.69) is 0 Å². The predicted molar refractivity (Wildman–Crippen MR) is 20.2 cm³/mol. The van der Waals surface area contributed by atoms with E-state index in [1.807, 2.05) is 0 Å². The average molecular weight is 117 g/mol. The molecule has 3 heteroatoms. The molecule has 0 aliphatic heterocycles. The maximum absolute atomic E-state index is 9.45. The average Bonchev–Trinajstić information content (AvgIpc) is 1.41. The van der Waals surface area contributed by atoms with E-state index in [-0.39, 0.29) is 36.2 Å². The maximum Gasteiger partial charge on any atom is 1.00 e. The minimum absolute atomic E-state index is 0. The SMILES string of the molecule is [Na+].[O-]CCCCl. The van der Waals surface area contributed by atoms with Gasteiger partial charge in [-0.05, 0) is 0 Å². The Morgan fingerprint density at radius 1 is 1.50 bits per heavy atom. The Kier molecular flexibility index (Phi) is 16.3. The molecular formula is C3H6ClNaO. The van der Waals surface area contributed by atoms with Gasteiger partial charge in [0.15, 0.2) is 0 Å². The second-order valence-electron chi connectivity index (χ2n) is 0.747. The first kappa shape index (κ1) is 10.3. The Morgan fingerprint density at radius 2 is 2.00 bits per heavy atom. The molecule has 32 valence electrons. The van der Waals surface area contributed by atoms with E-state index in [4.69, 9.17) is 11.6 Å². The molecule has 0 amide bonds. The Morgan fingerprint density at radius 3 is 2.00 bits per heavy atom. The van der Waals surface area contributed by atoms with Gasteiger partial charge in [-0.3, -0.25) is 0 Å². The fraction of sp³-hybridized carbons (Fsp3) is 1.00. The molecule has 0 aromatic carbocycles. The number of hydrogen-bond donors (Lipinski definition) is 0. The van der Waals surface area contributed by atoms with Gasteiger partial charge in [-0.25, -0.2) is 0 Å². The van der Waals surface area contributed by atoms with Crippen LogP contribution in [0.4, 0.5) is 0 Å². The molecule has 0 rings (SSSR count). The van der Waals surface area contributed by atoms with Crippen molar-refractivity contribution < 1.29 is 34.7 Å². The largest absolute Gasteiger partial charge is 1.00 e. The zero-order chi connectivity index (χ0) is 4.12. The Balaban J connectivity index is 0. The second-order valence-corrected chi connectivity index (χ2v) is 1.12.